The molecule has 0 aromatic heterocycles. The molecule has 0 bridgehead atoms. The lowest BCUT2D eigenvalue weighted by atomic mass is 10.1. The molecule has 0 aromatic rings. The molecular formula is C14H26N2O5. The van der Waals surface area contributed by atoms with Crippen LogP contribution in [0.5, 0.6) is 0 Å². The summed E-state index contributed by atoms with van der Waals surface area (Å²) in [5.74, 6) is -0.360. The molecule has 0 N–H and O–H groups in total. The minimum absolute atomic E-state index is 0.360. The van der Waals surface area contributed by atoms with Crippen LogP contribution in [0, 0.1) is 0 Å². The maximum atomic E-state index is 12.5. The molecule has 1 rings (SSSR count). The van der Waals surface area contributed by atoms with Crippen LogP contribution in [0.2, 0.25) is 0 Å². The number of hydrogen-bond donors (Lipinski definition) is 0. The van der Waals surface area contributed by atoms with Gasteiger partial charge in [0.25, 0.3) is 5.91 Å². The SMILES string of the molecule is CON(C)C(=O)[C@H]1[C@@H](C)OC(C)(C)N1C(=O)OC(C)(C)C. The Morgan fingerprint density at radius 1 is 1.29 bits per heavy atom. The summed E-state index contributed by atoms with van der Waals surface area (Å²) in [5, 5.41) is 1.09. The highest BCUT2D eigenvalue weighted by molar-refractivity contribution is 5.86. The molecule has 7 nitrogen and oxygen atoms in total. The Kier molecular flexibility index (Phi) is 4.90. The van der Waals surface area contributed by atoms with Gasteiger partial charge in [0.1, 0.15) is 17.4 Å². The molecule has 2 atom stereocenters. The van der Waals surface area contributed by atoms with E-state index in [0.717, 1.165) is 5.06 Å². The number of carbonyl (C=O) groups excluding carboxylic acids is 2. The van der Waals surface area contributed by atoms with Crippen molar-refractivity contribution in [1.29, 1.82) is 0 Å². The minimum atomic E-state index is -0.934. The second kappa shape index (κ2) is 5.81. The molecule has 1 heterocycles. The molecule has 122 valence electrons. The molecule has 1 fully saturated rings. The average molecular weight is 302 g/mol. The van der Waals surface area contributed by atoms with Crippen LogP contribution in [0.4, 0.5) is 4.79 Å². The third kappa shape index (κ3) is 3.85. The fraction of sp³-hybridized carbons (Fsp3) is 0.857. The number of likely N-dealkylation sites (N-methyl/N-ethyl adjacent to an activating group) is 1. The van der Waals surface area contributed by atoms with Crippen molar-refractivity contribution in [2.45, 2.75) is 65.0 Å². The first-order valence-electron chi connectivity index (χ1n) is 6.92. The van der Waals surface area contributed by atoms with Crippen LogP contribution in [0.15, 0.2) is 0 Å². The normalized spacial score (nSPS) is 24.9. The van der Waals surface area contributed by atoms with Gasteiger partial charge in [0.2, 0.25) is 0 Å². The van der Waals surface area contributed by atoms with Crippen LogP contribution in [-0.2, 0) is 19.1 Å². The number of nitrogens with zero attached hydrogens (tertiary/aromatic N) is 2. The van der Waals surface area contributed by atoms with E-state index in [0.29, 0.717) is 0 Å². The molecule has 0 aromatic carbocycles. The van der Waals surface area contributed by atoms with Crippen LogP contribution in [0.3, 0.4) is 0 Å². The average Bonchev–Trinajstić information content (AvgIpc) is 2.54. The Labute approximate surface area is 126 Å². The maximum absolute atomic E-state index is 12.5. The second-order valence-electron chi connectivity index (χ2n) is 6.58. The molecule has 0 spiro atoms. The van der Waals surface area contributed by atoms with Gasteiger partial charge in [-0.1, -0.05) is 0 Å². The van der Waals surface area contributed by atoms with E-state index in [1.54, 1.807) is 41.5 Å². The van der Waals surface area contributed by atoms with E-state index in [1.807, 2.05) is 0 Å². The molecular weight excluding hydrogens is 276 g/mol. The predicted octanol–water partition coefficient (Wildman–Crippen LogP) is 1.77. The van der Waals surface area contributed by atoms with E-state index >= 15 is 0 Å². The quantitative estimate of drug-likeness (QED) is 0.727. The third-order valence-corrected chi connectivity index (χ3v) is 3.20. The van der Waals surface area contributed by atoms with Crippen molar-refractivity contribution in [1.82, 2.24) is 9.96 Å². The van der Waals surface area contributed by atoms with Gasteiger partial charge >= 0.3 is 6.09 Å². The van der Waals surface area contributed by atoms with Gasteiger partial charge in [0.05, 0.1) is 13.2 Å². The summed E-state index contributed by atoms with van der Waals surface area (Å²) < 4.78 is 11.1. The molecule has 1 aliphatic heterocycles. The summed E-state index contributed by atoms with van der Waals surface area (Å²) in [6, 6.07) is -0.792. The van der Waals surface area contributed by atoms with Crippen molar-refractivity contribution < 1.29 is 23.9 Å². The van der Waals surface area contributed by atoms with Crippen molar-refractivity contribution >= 4 is 12.0 Å². The third-order valence-electron chi connectivity index (χ3n) is 3.20. The first-order chi connectivity index (χ1) is 9.40. The predicted molar refractivity (Wildman–Crippen MR) is 76.3 cm³/mol. The Morgan fingerprint density at radius 3 is 2.24 bits per heavy atom. The molecule has 1 saturated heterocycles. The Morgan fingerprint density at radius 2 is 1.81 bits per heavy atom. The lowest BCUT2D eigenvalue weighted by Crippen LogP contribution is -2.55. The molecule has 2 amide bonds. The number of hydroxylamine groups is 2. The number of ether oxygens (including phenoxy) is 2. The monoisotopic (exact) mass is 302 g/mol. The first kappa shape index (κ1) is 17.7. The summed E-state index contributed by atoms with van der Waals surface area (Å²) in [6.07, 6.45) is -1.04. The van der Waals surface area contributed by atoms with Gasteiger partial charge in [-0.05, 0) is 41.5 Å². The molecule has 0 aliphatic carbocycles. The van der Waals surface area contributed by atoms with Crippen molar-refractivity contribution in [2.24, 2.45) is 0 Å². The Bertz CT molecular complexity index is 416. The zero-order valence-electron chi connectivity index (χ0n) is 14.1. The largest absolute Gasteiger partial charge is 0.444 e. The van der Waals surface area contributed by atoms with Crippen molar-refractivity contribution in [3.63, 3.8) is 0 Å². The summed E-state index contributed by atoms with van der Waals surface area (Å²) in [6.45, 7) is 10.5. The van der Waals surface area contributed by atoms with Crippen LogP contribution in [0.25, 0.3) is 0 Å². The van der Waals surface area contributed by atoms with Crippen molar-refractivity contribution in [2.75, 3.05) is 14.2 Å². The molecule has 7 heteroatoms. The van der Waals surface area contributed by atoms with Crippen molar-refractivity contribution in [3.8, 4) is 0 Å². The van der Waals surface area contributed by atoms with Crippen LogP contribution < -0.4 is 0 Å². The first-order valence-corrected chi connectivity index (χ1v) is 6.92. The molecule has 0 radical (unpaired) electrons. The molecule has 0 saturated carbocycles. The standard InChI is InChI=1S/C14H26N2O5/c1-9-10(11(17)15(7)19-8)16(14(5,6)20-9)12(18)21-13(2,3)4/h9-10H,1-8H3/t9-,10-/m1/s1. The summed E-state index contributed by atoms with van der Waals surface area (Å²) in [7, 11) is 2.88. The second-order valence-corrected chi connectivity index (χ2v) is 6.58. The summed E-state index contributed by atoms with van der Waals surface area (Å²) in [5.41, 5.74) is -1.59. The number of carbonyl (C=O) groups is 2. The number of rotatable bonds is 2. The van der Waals surface area contributed by atoms with Gasteiger partial charge in [-0.3, -0.25) is 14.5 Å². The summed E-state index contributed by atoms with van der Waals surface area (Å²) >= 11 is 0. The van der Waals surface area contributed by atoms with Gasteiger partial charge in [-0.2, -0.15) is 0 Å². The van der Waals surface area contributed by atoms with Gasteiger partial charge in [-0.25, -0.2) is 9.86 Å². The lowest BCUT2D eigenvalue weighted by molar-refractivity contribution is -0.174. The molecule has 0 unspecified atom stereocenters. The van der Waals surface area contributed by atoms with E-state index in [1.165, 1.54) is 19.1 Å². The van der Waals surface area contributed by atoms with Gasteiger partial charge in [0, 0.05) is 7.05 Å². The van der Waals surface area contributed by atoms with E-state index in [2.05, 4.69) is 0 Å². The van der Waals surface area contributed by atoms with E-state index in [4.69, 9.17) is 14.3 Å². The highest BCUT2D eigenvalue weighted by Gasteiger charge is 2.53. The zero-order chi connectivity index (χ0) is 16.6. The molecule has 21 heavy (non-hydrogen) atoms. The van der Waals surface area contributed by atoms with Crippen LogP contribution >= 0.6 is 0 Å². The van der Waals surface area contributed by atoms with Gasteiger partial charge in [0.15, 0.2) is 0 Å². The zero-order valence-corrected chi connectivity index (χ0v) is 14.1. The summed E-state index contributed by atoms with van der Waals surface area (Å²) in [4.78, 5) is 31.1. The fourth-order valence-corrected chi connectivity index (χ4v) is 2.35. The fourth-order valence-electron chi connectivity index (χ4n) is 2.35. The van der Waals surface area contributed by atoms with E-state index in [9.17, 15) is 9.59 Å². The molecule has 1 aliphatic rings. The highest BCUT2D eigenvalue weighted by atomic mass is 16.7. The van der Waals surface area contributed by atoms with Crippen LogP contribution in [0.1, 0.15) is 41.5 Å². The lowest BCUT2D eigenvalue weighted by Gasteiger charge is -2.35. The minimum Gasteiger partial charge on any atom is -0.444 e. The van der Waals surface area contributed by atoms with Gasteiger partial charge < -0.3 is 9.47 Å². The van der Waals surface area contributed by atoms with E-state index in [-0.39, 0.29) is 5.91 Å². The number of amides is 2. The van der Waals surface area contributed by atoms with E-state index < -0.39 is 29.6 Å². The Balaban J connectivity index is 3.09. The number of hydrogen-bond acceptors (Lipinski definition) is 5. The van der Waals surface area contributed by atoms with Crippen molar-refractivity contribution in [3.05, 3.63) is 0 Å². The van der Waals surface area contributed by atoms with Crippen LogP contribution in [-0.4, -0.2) is 59.6 Å². The maximum Gasteiger partial charge on any atom is 0.413 e. The van der Waals surface area contributed by atoms with Gasteiger partial charge in [-0.15, -0.1) is 0 Å². The smallest absolute Gasteiger partial charge is 0.413 e. The highest BCUT2D eigenvalue weighted by Crippen LogP contribution is 2.34. The Hall–Kier alpha value is -1.34. The topological polar surface area (TPSA) is 68.3 Å².